The first-order valence-corrected chi connectivity index (χ1v) is 6.47. The van der Waals surface area contributed by atoms with Crippen LogP contribution in [0.2, 0.25) is 0 Å². The van der Waals surface area contributed by atoms with Crippen molar-refractivity contribution in [1.82, 2.24) is 0 Å². The lowest BCUT2D eigenvalue weighted by atomic mass is 10.0. The number of ether oxygens (including phenoxy) is 2. The molecule has 0 aliphatic rings. The molecule has 0 heterocycles. The van der Waals surface area contributed by atoms with Gasteiger partial charge in [0.1, 0.15) is 0 Å². The molecule has 0 spiro atoms. The first kappa shape index (κ1) is 16.3. The SMILES string of the molecule is CCOc1ccc(C(O)(O)CCC(=O)O)cc1OCC. The Kier molecular flexibility index (Phi) is 5.79. The van der Waals surface area contributed by atoms with Gasteiger partial charge >= 0.3 is 5.97 Å². The molecule has 3 N–H and O–H groups in total. The van der Waals surface area contributed by atoms with Crippen LogP contribution in [0.5, 0.6) is 11.5 Å². The van der Waals surface area contributed by atoms with Gasteiger partial charge in [-0.05, 0) is 32.0 Å². The minimum atomic E-state index is -2.21. The van der Waals surface area contributed by atoms with Gasteiger partial charge in [-0.3, -0.25) is 4.79 Å². The molecule has 0 atom stereocenters. The van der Waals surface area contributed by atoms with Crippen LogP contribution in [0.15, 0.2) is 18.2 Å². The third-order valence-electron chi connectivity index (χ3n) is 2.69. The van der Waals surface area contributed by atoms with Crippen LogP contribution in [-0.2, 0) is 10.6 Å². The maximum atomic E-state index is 10.5. The monoisotopic (exact) mass is 284 g/mol. The van der Waals surface area contributed by atoms with Gasteiger partial charge in [0.2, 0.25) is 0 Å². The van der Waals surface area contributed by atoms with Gasteiger partial charge in [0.25, 0.3) is 0 Å². The molecule has 20 heavy (non-hydrogen) atoms. The van der Waals surface area contributed by atoms with E-state index >= 15 is 0 Å². The van der Waals surface area contributed by atoms with E-state index in [1.807, 2.05) is 6.92 Å². The number of rotatable bonds is 8. The molecule has 0 aliphatic carbocycles. The van der Waals surface area contributed by atoms with Crippen molar-refractivity contribution in [2.45, 2.75) is 32.5 Å². The largest absolute Gasteiger partial charge is 0.490 e. The molecule has 0 aliphatic heterocycles. The molecule has 0 bridgehead atoms. The average Bonchev–Trinajstić information content (AvgIpc) is 2.39. The third kappa shape index (κ3) is 4.40. The molecule has 0 radical (unpaired) electrons. The summed E-state index contributed by atoms with van der Waals surface area (Å²) < 4.78 is 10.8. The summed E-state index contributed by atoms with van der Waals surface area (Å²) in [4.78, 5) is 10.5. The van der Waals surface area contributed by atoms with Crippen molar-refractivity contribution in [3.05, 3.63) is 23.8 Å². The molecule has 1 aromatic carbocycles. The second-order valence-corrected chi connectivity index (χ2v) is 4.24. The van der Waals surface area contributed by atoms with Crippen LogP contribution in [0.4, 0.5) is 0 Å². The van der Waals surface area contributed by atoms with Gasteiger partial charge in [0.05, 0.1) is 19.6 Å². The van der Waals surface area contributed by atoms with Gasteiger partial charge in [-0.15, -0.1) is 0 Å². The van der Waals surface area contributed by atoms with Gasteiger partial charge in [0.15, 0.2) is 17.3 Å². The number of hydrogen-bond donors (Lipinski definition) is 3. The average molecular weight is 284 g/mol. The van der Waals surface area contributed by atoms with E-state index in [1.54, 1.807) is 13.0 Å². The van der Waals surface area contributed by atoms with Crippen LogP contribution in [0.3, 0.4) is 0 Å². The molecule has 0 aromatic heterocycles. The quantitative estimate of drug-likeness (QED) is 0.626. The highest BCUT2D eigenvalue weighted by Crippen LogP contribution is 2.33. The summed E-state index contributed by atoms with van der Waals surface area (Å²) in [6.07, 6.45) is -0.647. The lowest BCUT2D eigenvalue weighted by Gasteiger charge is -2.23. The summed E-state index contributed by atoms with van der Waals surface area (Å²) in [6, 6.07) is 4.51. The number of benzene rings is 1. The first-order chi connectivity index (χ1) is 9.40. The highest BCUT2D eigenvalue weighted by atomic mass is 16.5. The van der Waals surface area contributed by atoms with E-state index in [0.29, 0.717) is 24.7 Å². The van der Waals surface area contributed by atoms with E-state index in [2.05, 4.69) is 0 Å². The minimum absolute atomic E-state index is 0.172. The Morgan fingerprint density at radius 2 is 1.75 bits per heavy atom. The Balaban J connectivity index is 2.99. The van der Waals surface area contributed by atoms with E-state index in [1.165, 1.54) is 12.1 Å². The zero-order valence-corrected chi connectivity index (χ0v) is 11.6. The zero-order chi connectivity index (χ0) is 15.2. The maximum Gasteiger partial charge on any atom is 0.303 e. The van der Waals surface area contributed by atoms with Crippen molar-refractivity contribution in [2.75, 3.05) is 13.2 Å². The van der Waals surface area contributed by atoms with Crippen molar-refractivity contribution in [1.29, 1.82) is 0 Å². The van der Waals surface area contributed by atoms with Crippen LogP contribution in [0.1, 0.15) is 32.3 Å². The van der Waals surface area contributed by atoms with Crippen LogP contribution in [0, 0.1) is 0 Å². The van der Waals surface area contributed by atoms with E-state index in [0.717, 1.165) is 0 Å². The summed E-state index contributed by atoms with van der Waals surface area (Å²) in [5, 5.41) is 28.5. The van der Waals surface area contributed by atoms with E-state index in [-0.39, 0.29) is 18.4 Å². The van der Waals surface area contributed by atoms with E-state index in [4.69, 9.17) is 14.6 Å². The number of aliphatic hydroxyl groups is 2. The second kappa shape index (κ2) is 7.12. The van der Waals surface area contributed by atoms with Crippen molar-refractivity contribution in [3.63, 3.8) is 0 Å². The van der Waals surface area contributed by atoms with Crippen molar-refractivity contribution >= 4 is 5.97 Å². The molecule has 1 aromatic rings. The van der Waals surface area contributed by atoms with Crippen LogP contribution < -0.4 is 9.47 Å². The smallest absolute Gasteiger partial charge is 0.303 e. The topological polar surface area (TPSA) is 96.2 Å². The van der Waals surface area contributed by atoms with Crippen LogP contribution >= 0.6 is 0 Å². The standard InChI is InChI=1S/C14H20O6/c1-3-19-11-6-5-10(9-12(11)20-4-2)14(17,18)8-7-13(15)16/h5-6,9,17-18H,3-4,7-8H2,1-2H3,(H,15,16). The molecule has 0 fully saturated rings. The van der Waals surface area contributed by atoms with Crippen LogP contribution in [0.25, 0.3) is 0 Å². The van der Waals surface area contributed by atoms with E-state index < -0.39 is 11.8 Å². The fourth-order valence-electron chi connectivity index (χ4n) is 1.73. The van der Waals surface area contributed by atoms with Gasteiger partial charge in [0, 0.05) is 12.0 Å². The summed E-state index contributed by atoms with van der Waals surface area (Å²) in [6.45, 7) is 4.50. The van der Waals surface area contributed by atoms with Gasteiger partial charge in [-0.1, -0.05) is 0 Å². The maximum absolute atomic E-state index is 10.5. The Hall–Kier alpha value is -1.79. The van der Waals surface area contributed by atoms with Crippen LogP contribution in [-0.4, -0.2) is 34.5 Å². The van der Waals surface area contributed by atoms with Gasteiger partial charge in [-0.2, -0.15) is 0 Å². The molecule has 6 nitrogen and oxygen atoms in total. The van der Waals surface area contributed by atoms with E-state index in [9.17, 15) is 15.0 Å². The molecular weight excluding hydrogens is 264 g/mol. The van der Waals surface area contributed by atoms with Gasteiger partial charge < -0.3 is 24.8 Å². The fraction of sp³-hybridized carbons (Fsp3) is 0.500. The van der Waals surface area contributed by atoms with Crippen molar-refractivity contribution in [2.24, 2.45) is 0 Å². The molecule has 0 unspecified atom stereocenters. The number of carboxylic acids is 1. The molecule has 112 valence electrons. The third-order valence-corrected chi connectivity index (χ3v) is 2.69. The molecule has 0 saturated carbocycles. The summed E-state index contributed by atoms with van der Waals surface area (Å²) >= 11 is 0. The molecule has 0 saturated heterocycles. The summed E-state index contributed by atoms with van der Waals surface area (Å²) in [7, 11) is 0. The molecular formula is C14H20O6. The Labute approximate surface area is 117 Å². The summed E-state index contributed by atoms with van der Waals surface area (Å²) in [5.74, 6) is -2.40. The second-order valence-electron chi connectivity index (χ2n) is 4.24. The minimum Gasteiger partial charge on any atom is -0.490 e. The number of carbonyl (C=O) groups is 1. The number of hydrogen-bond acceptors (Lipinski definition) is 5. The first-order valence-electron chi connectivity index (χ1n) is 6.47. The highest BCUT2D eigenvalue weighted by Gasteiger charge is 2.28. The number of carboxylic acid groups (broad SMARTS) is 1. The lowest BCUT2D eigenvalue weighted by Crippen LogP contribution is -2.26. The van der Waals surface area contributed by atoms with Gasteiger partial charge in [-0.25, -0.2) is 0 Å². The molecule has 6 heteroatoms. The Morgan fingerprint density at radius 1 is 1.15 bits per heavy atom. The Morgan fingerprint density at radius 3 is 2.30 bits per heavy atom. The predicted molar refractivity (Wildman–Crippen MR) is 71.8 cm³/mol. The van der Waals surface area contributed by atoms with Crippen molar-refractivity contribution in [3.8, 4) is 11.5 Å². The Bertz CT molecular complexity index is 455. The highest BCUT2D eigenvalue weighted by molar-refractivity contribution is 5.66. The fourth-order valence-corrected chi connectivity index (χ4v) is 1.73. The molecule has 1 rings (SSSR count). The molecule has 0 amide bonds. The predicted octanol–water partition coefficient (Wildman–Crippen LogP) is 1.49. The zero-order valence-electron chi connectivity index (χ0n) is 11.6. The summed E-state index contributed by atoms with van der Waals surface area (Å²) in [5.41, 5.74) is 0.172. The van der Waals surface area contributed by atoms with Crippen molar-refractivity contribution < 1.29 is 29.6 Å². The normalized spacial score (nSPS) is 11.2. The lowest BCUT2D eigenvalue weighted by molar-refractivity contribution is -0.179. The number of aliphatic carboxylic acids is 1.